The van der Waals surface area contributed by atoms with Crippen LogP contribution in [-0.4, -0.2) is 37.5 Å². The molecule has 1 fully saturated rings. The molecule has 2 rings (SSSR count). The van der Waals surface area contributed by atoms with Gasteiger partial charge in [0, 0.05) is 24.4 Å². The molecule has 5 nitrogen and oxygen atoms in total. The first-order valence-electron chi connectivity index (χ1n) is 8.43. The molecule has 1 aliphatic rings. The maximum Gasteiger partial charge on any atom is 0.310 e. The molecule has 8 heteroatoms. The van der Waals surface area contributed by atoms with E-state index in [0.29, 0.717) is 11.4 Å². The van der Waals surface area contributed by atoms with Crippen LogP contribution in [0.15, 0.2) is 24.3 Å². The first-order chi connectivity index (χ1) is 12.2. The number of benzene rings is 1. The molecule has 26 heavy (non-hydrogen) atoms. The van der Waals surface area contributed by atoms with E-state index >= 15 is 0 Å². The highest BCUT2D eigenvalue weighted by molar-refractivity contribution is 6.30. The summed E-state index contributed by atoms with van der Waals surface area (Å²) in [5.41, 5.74) is 6.67. The summed E-state index contributed by atoms with van der Waals surface area (Å²) in [7, 11) is 1.28. The summed E-state index contributed by atoms with van der Waals surface area (Å²) >= 11 is 5.84. The van der Waals surface area contributed by atoms with E-state index in [4.69, 9.17) is 22.1 Å². The smallest absolute Gasteiger partial charge is 0.310 e. The summed E-state index contributed by atoms with van der Waals surface area (Å²) in [6.45, 7) is 0.0582. The minimum absolute atomic E-state index is 0.0582. The summed E-state index contributed by atoms with van der Waals surface area (Å²) in [6.07, 6.45) is 0.125. The van der Waals surface area contributed by atoms with Gasteiger partial charge in [-0.1, -0.05) is 23.7 Å². The van der Waals surface area contributed by atoms with Gasteiger partial charge in [0.1, 0.15) is 0 Å². The predicted molar refractivity (Wildman–Crippen MR) is 93.9 cm³/mol. The fraction of sp³-hybridized carbons (Fsp3) is 0.556. The van der Waals surface area contributed by atoms with Crippen molar-refractivity contribution in [2.24, 2.45) is 17.6 Å². The van der Waals surface area contributed by atoms with Crippen molar-refractivity contribution in [2.75, 3.05) is 13.7 Å². The SMILES string of the molecule is COC(=O)C(CNC(=O)C(N)CC1CC(F)(F)C1)Cc1ccc(Cl)cc1. The number of carbonyl (C=O) groups is 2. The minimum atomic E-state index is -2.63. The van der Waals surface area contributed by atoms with Crippen LogP contribution in [-0.2, 0) is 20.7 Å². The molecule has 1 aromatic carbocycles. The molecular formula is C18H23ClF2N2O3. The molecule has 3 N–H and O–H groups in total. The molecule has 0 aliphatic heterocycles. The van der Waals surface area contributed by atoms with E-state index in [9.17, 15) is 18.4 Å². The van der Waals surface area contributed by atoms with Crippen LogP contribution >= 0.6 is 11.6 Å². The van der Waals surface area contributed by atoms with Gasteiger partial charge >= 0.3 is 5.97 Å². The molecule has 1 aromatic rings. The number of amides is 1. The molecule has 2 atom stereocenters. The molecule has 144 valence electrons. The van der Waals surface area contributed by atoms with E-state index in [2.05, 4.69) is 5.32 Å². The quantitative estimate of drug-likeness (QED) is 0.670. The molecule has 0 aromatic heterocycles. The number of nitrogens with one attached hydrogen (secondary N) is 1. The summed E-state index contributed by atoms with van der Waals surface area (Å²) in [4.78, 5) is 24.1. The van der Waals surface area contributed by atoms with Gasteiger partial charge in [0.15, 0.2) is 0 Å². The van der Waals surface area contributed by atoms with Crippen molar-refractivity contribution in [3.8, 4) is 0 Å². The lowest BCUT2D eigenvalue weighted by atomic mass is 9.77. The summed E-state index contributed by atoms with van der Waals surface area (Å²) < 4.78 is 30.5. The zero-order chi connectivity index (χ0) is 19.3. The molecule has 1 saturated carbocycles. The third-order valence-corrected chi connectivity index (χ3v) is 4.80. The first kappa shape index (κ1) is 20.6. The Kier molecular flexibility index (Phi) is 6.94. The number of halogens is 3. The van der Waals surface area contributed by atoms with E-state index < -0.39 is 29.8 Å². The van der Waals surface area contributed by atoms with Crippen molar-refractivity contribution >= 4 is 23.5 Å². The van der Waals surface area contributed by atoms with Gasteiger partial charge < -0.3 is 15.8 Å². The van der Waals surface area contributed by atoms with Gasteiger partial charge in [-0.25, -0.2) is 8.78 Å². The van der Waals surface area contributed by atoms with Gasteiger partial charge in [0.25, 0.3) is 0 Å². The second kappa shape index (κ2) is 8.77. The number of carbonyl (C=O) groups excluding carboxylic acids is 2. The van der Waals surface area contributed by atoms with E-state index in [1.165, 1.54) is 7.11 Å². The van der Waals surface area contributed by atoms with Crippen LogP contribution in [0.5, 0.6) is 0 Å². The maximum absolute atomic E-state index is 12.9. The standard InChI is InChI=1S/C18H23ClF2N2O3/c1-26-17(25)13(6-11-2-4-14(19)5-3-11)10-23-16(24)15(22)7-12-8-18(20,21)9-12/h2-5,12-13,15H,6-10,22H2,1H3,(H,23,24). The number of methoxy groups -OCH3 is 1. The van der Waals surface area contributed by atoms with Crippen LogP contribution < -0.4 is 11.1 Å². The van der Waals surface area contributed by atoms with Crippen LogP contribution in [0.4, 0.5) is 8.78 Å². The summed E-state index contributed by atoms with van der Waals surface area (Å²) in [5.74, 6) is -4.35. The number of alkyl halides is 2. The van der Waals surface area contributed by atoms with Crippen LogP contribution in [0.3, 0.4) is 0 Å². The Morgan fingerprint density at radius 3 is 2.50 bits per heavy atom. The monoisotopic (exact) mass is 388 g/mol. The molecule has 0 spiro atoms. The lowest BCUT2D eigenvalue weighted by Gasteiger charge is -2.36. The fourth-order valence-corrected chi connectivity index (χ4v) is 3.21. The summed E-state index contributed by atoms with van der Waals surface area (Å²) in [5, 5.41) is 3.21. The third-order valence-electron chi connectivity index (χ3n) is 4.55. The lowest BCUT2D eigenvalue weighted by Crippen LogP contribution is -2.47. The Balaban J connectivity index is 1.84. The van der Waals surface area contributed by atoms with Crippen LogP contribution in [0.2, 0.25) is 5.02 Å². The second-order valence-corrected chi connectivity index (χ2v) is 7.20. The van der Waals surface area contributed by atoms with Crippen molar-refractivity contribution in [3.63, 3.8) is 0 Å². The van der Waals surface area contributed by atoms with Gasteiger partial charge in [0.05, 0.1) is 19.1 Å². The molecular weight excluding hydrogens is 366 g/mol. The predicted octanol–water partition coefficient (Wildman–Crippen LogP) is 2.55. The second-order valence-electron chi connectivity index (χ2n) is 6.77. The Labute approximate surface area is 156 Å². The van der Waals surface area contributed by atoms with Gasteiger partial charge in [-0.2, -0.15) is 0 Å². The minimum Gasteiger partial charge on any atom is -0.469 e. The zero-order valence-corrected chi connectivity index (χ0v) is 15.3. The number of esters is 1. The first-order valence-corrected chi connectivity index (χ1v) is 8.81. The largest absolute Gasteiger partial charge is 0.469 e. The van der Waals surface area contributed by atoms with Crippen molar-refractivity contribution in [1.29, 1.82) is 0 Å². The zero-order valence-electron chi connectivity index (χ0n) is 14.5. The summed E-state index contributed by atoms with van der Waals surface area (Å²) in [6, 6.07) is 6.15. The number of rotatable bonds is 8. The molecule has 0 saturated heterocycles. The van der Waals surface area contributed by atoms with E-state index in [1.807, 2.05) is 0 Å². The van der Waals surface area contributed by atoms with Crippen LogP contribution in [0.25, 0.3) is 0 Å². The average molecular weight is 389 g/mol. The Morgan fingerprint density at radius 2 is 1.96 bits per heavy atom. The number of hydrogen-bond donors (Lipinski definition) is 2. The fourth-order valence-electron chi connectivity index (χ4n) is 3.08. The topological polar surface area (TPSA) is 81.4 Å². The molecule has 0 radical (unpaired) electrons. The highest BCUT2D eigenvalue weighted by atomic mass is 35.5. The van der Waals surface area contributed by atoms with E-state index in [-0.39, 0.29) is 31.7 Å². The van der Waals surface area contributed by atoms with Crippen molar-refractivity contribution < 1.29 is 23.1 Å². The molecule has 0 bridgehead atoms. The lowest BCUT2D eigenvalue weighted by molar-refractivity contribution is -0.145. The van der Waals surface area contributed by atoms with Crippen LogP contribution in [0.1, 0.15) is 24.8 Å². The molecule has 1 aliphatic carbocycles. The molecule has 1 amide bonds. The van der Waals surface area contributed by atoms with Crippen molar-refractivity contribution in [3.05, 3.63) is 34.9 Å². The van der Waals surface area contributed by atoms with E-state index in [0.717, 1.165) is 5.56 Å². The van der Waals surface area contributed by atoms with E-state index in [1.54, 1.807) is 24.3 Å². The van der Waals surface area contributed by atoms with Gasteiger partial charge in [-0.05, 0) is 36.5 Å². The Hall–Kier alpha value is -1.73. The van der Waals surface area contributed by atoms with Gasteiger partial charge in [-0.3, -0.25) is 9.59 Å². The number of hydrogen-bond acceptors (Lipinski definition) is 4. The Bertz CT molecular complexity index is 632. The van der Waals surface area contributed by atoms with Gasteiger partial charge in [-0.15, -0.1) is 0 Å². The third kappa shape index (κ3) is 5.92. The van der Waals surface area contributed by atoms with Crippen molar-refractivity contribution in [1.82, 2.24) is 5.32 Å². The molecule has 2 unspecified atom stereocenters. The highest BCUT2D eigenvalue weighted by Crippen LogP contribution is 2.44. The average Bonchev–Trinajstić information content (AvgIpc) is 2.57. The molecule has 0 heterocycles. The van der Waals surface area contributed by atoms with Crippen LogP contribution in [0, 0.1) is 11.8 Å². The van der Waals surface area contributed by atoms with Crippen molar-refractivity contribution in [2.45, 2.75) is 37.6 Å². The maximum atomic E-state index is 12.9. The van der Waals surface area contributed by atoms with Gasteiger partial charge in [0.2, 0.25) is 11.8 Å². The Morgan fingerprint density at radius 1 is 1.35 bits per heavy atom. The highest BCUT2D eigenvalue weighted by Gasteiger charge is 2.45. The normalized spacial score (nSPS) is 18.5. The number of nitrogens with two attached hydrogens (primary N) is 1. The number of ether oxygens (including phenoxy) is 1.